The summed E-state index contributed by atoms with van der Waals surface area (Å²) in [5.41, 5.74) is 0. The van der Waals surface area contributed by atoms with Gasteiger partial charge in [-0.1, -0.05) is 35.1 Å². The molecule has 1 aliphatic rings. The van der Waals surface area contributed by atoms with Crippen LogP contribution in [0.15, 0.2) is 52.7 Å². The van der Waals surface area contributed by atoms with Crippen molar-refractivity contribution in [2.45, 2.75) is 24.7 Å². The Balaban J connectivity index is 1.45. The molecule has 1 N–H and O–H groups in total. The molecule has 2 aromatic heterocycles. The molecule has 4 rings (SSSR count). The molecule has 0 aliphatic carbocycles. The van der Waals surface area contributed by atoms with Gasteiger partial charge in [-0.05, 0) is 19.1 Å². The monoisotopic (exact) mass is 413 g/mol. The number of anilines is 1. The number of ether oxygens (including phenoxy) is 2. The standard InChI is InChI=1S/C19H19N5O4S/c1-3-8-24-18(15-10-26-13-6-4-5-7-14(13)27-15)21-22-19(24)29-11-17(25)20-16-9-12(2)28-23-16/h3-7,9,15H,1,8,10-11H2,2H3,(H,20,23,25)/t15-/m0/s1. The maximum absolute atomic E-state index is 12.2. The Labute approximate surface area is 171 Å². The van der Waals surface area contributed by atoms with Crippen molar-refractivity contribution in [1.82, 2.24) is 19.9 Å². The normalized spacial score (nSPS) is 15.1. The number of fused-ring (bicyclic) bond motifs is 1. The van der Waals surface area contributed by atoms with Crippen LogP contribution in [0.2, 0.25) is 0 Å². The van der Waals surface area contributed by atoms with Gasteiger partial charge in [0.15, 0.2) is 34.4 Å². The number of amides is 1. The van der Waals surface area contributed by atoms with Gasteiger partial charge in [0, 0.05) is 12.6 Å². The average molecular weight is 413 g/mol. The predicted molar refractivity (Wildman–Crippen MR) is 106 cm³/mol. The molecule has 0 saturated carbocycles. The lowest BCUT2D eigenvalue weighted by molar-refractivity contribution is -0.113. The number of para-hydroxylation sites is 2. The molecular weight excluding hydrogens is 394 g/mol. The summed E-state index contributed by atoms with van der Waals surface area (Å²) < 4.78 is 18.6. The Bertz CT molecular complexity index is 1030. The van der Waals surface area contributed by atoms with Crippen molar-refractivity contribution in [3.63, 3.8) is 0 Å². The molecule has 9 nitrogen and oxygen atoms in total. The molecule has 1 aliphatic heterocycles. The summed E-state index contributed by atoms with van der Waals surface area (Å²) in [6.45, 7) is 6.36. The van der Waals surface area contributed by atoms with E-state index in [0.29, 0.717) is 47.2 Å². The van der Waals surface area contributed by atoms with Crippen molar-refractivity contribution in [1.29, 1.82) is 0 Å². The van der Waals surface area contributed by atoms with E-state index < -0.39 is 6.10 Å². The lowest BCUT2D eigenvalue weighted by atomic mass is 10.2. The lowest BCUT2D eigenvalue weighted by Gasteiger charge is -2.26. The first-order chi connectivity index (χ1) is 14.1. The highest BCUT2D eigenvalue weighted by atomic mass is 32.2. The number of carbonyl (C=O) groups is 1. The van der Waals surface area contributed by atoms with Crippen LogP contribution in [-0.2, 0) is 11.3 Å². The van der Waals surface area contributed by atoms with Crippen LogP contribution in [0.4, 0.5) is 5.82 Å². The van der Waals surface area contributed by atoms with Crippen molar-refractivity contribution < 1.29 is 18.8 Å². The molecule has 29 heavy (non-hydrogen) atoms. The second-order valence-electron chi connectivity index (χ2n) is 6.26. The molecule has 3 heterocycles. The quantitative estimate of drug-likeness (QED) is 0.466. The van der Waals surface area contributed by atoms with Gasteiger partial charge in [0.25, 0.3) is 0 Å². The minimum atomic E-state index is -0.404. The van der Waals surface area contributed by atoms with Crippen LogP contribution in [0.5, 0.6) is 11.5 Å². The van der Waals surface area contributed by atoms with Gasteiger partial charge in [-0.2, -0.15) is 0 Å². The third kappa shape index (κ3) is 4.27. The van der Waals surface area contributed by atoms with Gasteiger partial charge in [0.05, 0.1) is 5.75 Å². The fourth-order valence-corrected chi connectivity index (χ4v) is 3.58. The molecule has 0 saturated heterocycles. The summed E-state index contributed by atoms with van der Waals surface area (Å²) in [5, 5.41) is 15.5. The summed E-state index contributed by atoms with van der Waals surface area (Å²) in [6.07, 6.45) is 1.34. The van der Waals surface area contributed by atoms with E-state index in [9.17, 15) is 4.79 Å². The third-order valence-corrected chi connectivity index (χ3v) is 5.05. The van der Waals surface area contributed by atoms with Crippen molar-refractivity contribution >= 4 is 23.5 Å². The molecule has 0 radical (unpaired) electrons. The molecule has 1 aromatic carbocycles. The smallest absolute Gasteiger partial charge is 0.236 e. The Hall–Kier alpha value is -3.27. The number of hydrogen-bond donors (Lipinski definition) is 1. The van der Waals surface area contributed by atoms with Crippen LogP contribution >= 0.6 is 11.8 Å². The SMILES string of the molecule is C=CCn1c(SCC(=O)Nc2cc(C)on2)nnc1[C@@H]1COc2ccccc2O1. The Morgan fingerprint density at radius 3 is 2.97 bits per heavy atom. The number of allylic oxidation sites excluding steroid dienone is 1. The van der Waals surface area contributed by atoms with Crippen molar-refractivity contribution in [2.24, 2.45) is 0 Å². The van der Waals surface area contributed by atoms with E-state index in [0.717, 1.165) is 0 Å². The van der Waals surface area contributed by atoms with E-state index in [1.165, 1.54) is 11.8 Å². The molecule has 1 atom stereocenters. The number of hydrogen-bond acceptors (Lipinski definition) is 8. The maximum atomic E-state index is 12.2. The Morgan fingerprint density at radius 1 is 1.38 bits per heavy atom. The average Bonchev–Trinajstić information content (AvgIpc) is 3.32. The van der Waals surface area contributed by atoms with Crippen LogP contribution in [0, 0.1) is 6.92 Å². The van der Waals surface area contributed by atoms with E-state index >= 15 is 0 Å². The third-order valence-electron chi connectivity index (χ3n) is 4.08. The number of nitrogens with one attached hydrogen (secondary N) is 1. The highest BCUT2D eigenvalue weighted by molar-refractivity contribution is 7.99. The van der Waals surface area contributed by atoms with Gasteiger partial charge in [0.1, 0.15) is 12.4 Å². The zero-order valence-electron chi connectivity index (χ0n) is 15.7. The molecular formula is C19H19N5O4S. The number of benzene rings is 1. The second kappa shape index (κ2) is 8.39. The second-order valence-corrected chi connectivity index (χ2v) is 7.21. The first-order valence-corrected chi connectivity index (χ1v) is 9.91. The van der Waals surface area contributed by atoms with Crippen molar-refractivity contribution in [3.8, 4) is 11.5 Å². The fourth-order valence-electron chi connectivity index (χ4n) is 2.83. The first kappa shape index (κ1) is 19.1. The van der Waals surface area contributed by atoms with E-state index in [4.69, 9.17) is 14.0 Å². The van der Waals surface area contributed by atoms with Gasteiger partial charge in [0.2, 0.25) is 5.91 Å². The number of aromatic nitrogens is 4. The molecule has 0 unspecified atom stereocenters. The molecule has 1 amide bonds. The van der Waals surface area contributed by atoms with Gasteiger partial charge in [-0.15, -0.1) is 16.8 Å². The van der Waals surface area contributed by atoms with E-state index in [1.807, 2.05) is 28.8 Å². The number of carbonyl (C=O) groups excluding carboxylic acids is 1. The zero-order valence-corrected chi connectivity index (χ0v) is 16.5. The molecule has 150 valence electrons. The molecule has 0 bridgehead atoms. The summed E-state index contributed by atoms with van der Waals surface area (Å²) in [5.74, 6) is 2.92. The molecule has 10 heteroatoms. The van der Waals surface area contributed by atoms with Crippen LogP contribution in [-0.4, -0.2) is 38.2 Å². The van der Waals surface area contributed by atoms with Crippen molar-refractivity contribution in [2.75, 3.05) is 17.7 Å². The largest absolute Gasteiger partial charge is 0.485 e. The minimum Gasteiger partial charge on any atom is -0.485 e. The molecule has 0 fully saturated rings. The van der Waals surface area contributed by atoms with E-state index in [-0.39, 0.29) is 11.7 Å². The highest BCUT2D eigenvalue weighted by Gasteiger charge is 2.28. The van der Waals surface area contributed by atoms with Crippen LogP contribution in [0.25, 0.3) is 0 Å². The molecule has 3 aromatic rings. The number of thioether (sulfide) groups is 1. The van der Waals surface area contributed by atoms with Gasteiger partial charge < -0.3 is 19.3 Å². The van der Waals surface area contributed by atoms with Gasteiger partial charge in [-0.3, -0.25) is 9.36 Å². The first-order valence-electron chi connectivity index (χ1n) is 8.92. The maximum Gasteiger partial charge on any atom is 0.236 e. The van der Waals surface area contributed by atoms with E-state index in [1.54, 1.807) is 19.1 Å². The topological polar surface area (TPSA) is 104 Å². The fraction of sp³-hybridized carbons (Fsp3) is 0.263. The number of nitrogens with zero attached hydrogens (tertiary/aromatic N) is 4. The summed E-state index contributed by atoms with van der Waals surface area (Å²) in [6, 6.07) is 9.13. The lowest BCUT2D eigenvalue weighted by Crippen LogP contribution is -2.25. The Kier molecular flexibility index (Phi) is 5.52. The minimum absolute atomic E-state index is 0.145. The Morgan fingerprint density at radius 2 is 2.21 bits per heavy atom. The zero-order chi connectivity index (χ0) is 20.2. The summed E-state index contributed by atoms with van der Waals surface area (Å²) in [4.78, 5) is 12.2. The van der Waals surface area contributed by atoms with Crippen molar-refractivity contribution in [3.05, 3.63) is 54.6 Å². The summed E-state index contributed by atoms with van der Waals surface area (Å²) >= 11 is 1.27. The van der Waals surface area contributed by atoms with E-state index in [2.05, 4.69) is 27.2 Å². The van der Waals surface area contributed by atoms with Gasteiger partial charge >= 0.3 is 0 Å². The summed E-state index contributed by atoms with van der Waals surface area (Å²) in [7, 11) is 0. The van der Waals surface area contributed by atoms with Crippen LogP contribution in [0.3, 0.4) is 0 Å². The number of aryl methyl sites for hydroxylation is 1. The van der Waals surface area contributed by atoms with Crippen LogP contribution in [0.1, 0.15) is 17.7 Å². The number of rotatable bonds is 7. The predicted octanol–water partition coefficient (Wildman–Crippen LogP) is 3.00. The highest BCUT2D eigenvalue weighted by Crippen LogP contribution is 2.36. The van der Waals surface area contributed by atoms with Gasteiger partial charge in [-0.25, -0.2) is 0 Å². The molecule has 0 spiro atoms. The van der Waals surface area contributed by atoms with Crippen LogP contribution < -0.4 is 14.8 Å².